The second-order valence-corrected chi connectivity index (χ2v) is 4.89. The minimum absolute atomic E-state index is 0.752. The normalized spacial score (nSPS) is 10.3. The third kappa shape index (κ3) is 4.56. The molecule has 0 unspecified atom stereocenters. The average molecular weight is 267 g/mol. The molecule has 2 rings (SSSR count). The zero-order valence-corrected chi connectivity index (χ0v) is 11.8. The average Bonchev–Trinajstić information content (AvgIpc) is 2.95. The van der Waals surface area contributed by atoms with Crippen molar-refractivity contribution in [2.24, 2.45) is 0 Å². The zero-order chi connectivity index (χ0) is 14.0. The first-order valence-electron chi connectivity index (χ1n) is 7.20. The van der Waals surface area contributed by atoms with Gasteiger partial charge in [0, 0.05) is 12.7 Å². The smallest absolute Gasteiger partial charge is 0.120 e. The summed E-state index contributed by atoms with van der Waals surface area (Å²) < 4.78 is 2.02. The summed E-state index contributed by atoms with van der Waals surface area (Å²) in [6, 6.07) is 16.5. The molecular weight excluding hydrogens is 246 g/mol. The molecule has 0 aliphatic heterocycles. The first-order chi connectivity index (χ1) is 9.90. The molecule has 0 aliphatic carbocycles. The van der Waals surface area contributed by atoms with Crippen LogP contribution in [0.4, 0.5) is 0 Å². The molecule has 0 saturated heterocycles. The predicted octanol–water partition coefficient (Wildman–Crippen LogP) is 2.97. The Morgan fingerprint density at radius 3 is 2.65 bits per heavy atom. The number of aryl methyl sites for hydroxylation is 1. The largest absolute Gasteiger partial charge is 0.339 e. The van der Waals surface area contributed by atoms with Gasteiger partial charge in [-0.25, -0.2) is 0 Å². The van der Waals surface area contributed by atoms with Crippen molar-refractivity contribution >= 4 is 0 Å². The highest BCUT2D eigenvalue weighted by atomic mass is 15.0. The molecule has 0 atom stereocenters. The Morgan fingerprint density at radius 2 is 1.85 bits per heavy atom. The van der Waals surface area contributed by atoms with Crippen LogP contribution in [0.15, 0.2) is 48.7 Å². The fourth-order valence-electron chi connectivity index (χ4n) is 2.25. The van der Waals surface area contributed by atoms with E-state index in [0.29, 0.717) is 0 Å². The van der Waals surface area contributed by atoms with Gasteiger partial charge in [-0.15, -0.1) is 0 Å². The molecule has 0 saturated carbocycles. The number of hydrogen-bond donors (Lipinski definition) is 1. The van der Waals surface area contributed by atoms with Crippen molar-refractivity contribution in [3.8, 4) is 6.07 Å². The number of benzene rings is 1. The topological polar surface area (TPSA) is 40.8 Å². The van der Waals surface area contributed by atoms with Crippen molar-refractivity contribution in [1.82, 2.24) is 9.88 Å². The standard InChI is InChI=1S/C17H21N3/c18-15-17-9-6-14-20(17)13-5-4-11-19-12-10-16-7-2-1-3-8-16/h1-3,6-9,14,19H,4-5,10-13H2. The highest BCUT2D eigenvalue weighted by Gasteiger charge is 1.98. The first-order valence-corrected chi connectivity index (χ1v) is 7.20. The lowest BCUT2D eigenvalue weighted by molar-refractivity contribution is 0.568. The van der Waals surface area contributed by atoms with Crippen LogP contribution in [0.25, 0.3) is 0 Å². The Bertz CT molecular complexity index is 537. The van der Waals surface area contributed by atoms with Crippen LogP contribution in [-0.2, 0) is 13.0 Å². The van der Waals surface area contributed by atoms with E-state index in [1.165, 1.54) is 5.56 Å². The Kier molecular flexibility index (Phi) is 5.88. The van der Waals surface area contributed by atoms with Crippen LogP contribution in [0.3, 0.4) is 0 Å². The van der Waals surface area contributed by atoms with Gasteiger partial charge in [-0.05, 0) is 50.0 Å². The summed E-state index contributed by atoms with van der Waals surface area (Å²) in [7, 11) is 0. The molecule has 0 fully saturated rings. The number of nitrogens with one attached hydrogen (secondary N) is 1. The summed E-state index contributed by atoms with van der Waals surface area (Å²) in [4.78, 5) is 0. The minimum Gasteiger partial charge on any atom is -0.339 e. The van der Waals surface area contributed by atoms with E-state index < -0.39 is 0 Å². The number of rotatable bonds is 8. The summed E-state index contributed by atoms with van der Waals surface area (Å²) in [6.07, 6.45) is 5.29. The number of nitriles is 1. The molecule has 0 spiro atoms. The van der Waals surface area contributed by atoms with Gasteiger partial charge in [0.15, 0.2) is 0 Å². The van der Waals surface area contributed by atoms with Crippen molar-refractivity contribution in [3.63, 3.8) is 0 Å². The van der Waals surface area contributed by atoms with Crippen LogP contribution in [0.1, 0.15) is 24.1 Å². The Labute approximate surface area is 120 Å². The fourth-order valence-corrected chi connectivity index (χ4v) is 2.25. The highest BCUT2D eigenvalue weighted by Crippen LogP contribution is 2.03. The molecule has 0 amide bonds. The van der Waals surface area contributed by atoms with Gasteiger partial charge < -0.3 is 9.88 Å². The molecule has 1 heterocycles. The van der Waals surface area contributed by atoms with Gasteiger partial charge in [-0.1, -0.05) is 30.3 Å². The molecule has 1 N–H and O–H groups in total. The molecule has 0 radical (unpaired) electrons. The third-order valence-electron chi connectivity index (χ3n) is 3.38. The van der Waals surface area contributed by atoms with Gasteiger partial charge in [0.1, 0.15) is 11.8 Å². The Morgan fingerprint density at radius 1 is 1.00 bits per heavy atom. The molecule has 104 valence electrons. The third-order valence-corrected chi connectivity index (χ3v) is 3.38. The maximum Gasteiger partial charge on any atom is 0.120 e. The Balaban J connectivity index is 1.53. The molecule has 2 aromatic rings. The van der Waals surface area contributed by atoms with Gasteiger partial charge in [-0.3, -0.25) is 0 Å². The fraction of sp³-hybridized carbons (Fsp3) is 0.353. The maximum atomic E-state index is 8.91. The van der Waals surface area contributed by atoms with E-state index in [2.05, 4.69) is 35.7 Å². The molecule has 1 aromatic carbocycles. The van der Waals surface area contributed by atoms with Crippen LogP contribution >= 0.6 is 0 Å². The summed E-state index contributed by atoms with van der Waals surface area (Å²) in [6.45, 7) is 2.99. The summed E-state index contributed by atoms with van der Waals surface area (Å²) >= 11 is 0. The summed E-state index contributed by atoms with van der Waals surface area (Å²) in [5.74, 6) is 0. The number of aromatic nitrogens is 1. The first kappa shape index (κ1) is 14.4. The quantitative estimate of drug-likeness (QED) is 0.747. The Hall–Kier alpha value is -2.05. The number of nitrogens with zero attached hydrogens (tertiary/aromatic N) is 2. The zero-order valence-electron chi connectivity index (χ0n) is 11.8. The highest BCUT2D eigenvalue weighted by molar-refractivity contribution is 5.21. The van der Waals surface area contributed by atoms with Crippen LogP contribution in [0, 0.1) is 11.3 Å². The van der Waals surface area contributed by atoms with Gasteiger partial charge in [-0.2, -0.15) is 5.26 Å². The minimum atomic E-state index is 0.752. The van der Waals surface area contributed by atoms with Crippen molar-refractivity contribution < 1.29 is 0 Å². The van der Waals surface area contributed by atoms with Gasteiger partial charge in [0.25, 0.3) is 0 Å². The predicted molar refractivity (Wildman–Crippen MR) is 81.4 cm³/mol. The number of hydrogen-bond acceptors (Lipinski definition) is 2. The molecule has 0 aliphatic rings. The maximum absolute atomic E-state index is 8.91. The molecule has 0 bridgehead atoms. The van der Waals surface area contributed by atoms with Gasteiger partial charge >= 0.3 is 0 Å². The van der Waals surface area contributed by atoms with E-state index in [9.17, 15) is 0 Å². The van der Waals surface area contributed by atoms with Crippen molar-refractivity contribution in [3.05, 3.63) is 59.9 Å². The summed E-state index contributed by atoms with van der Waals surface area (Å²) in [5, 5.41) is 12.4. The van der Waals surface area contributed by atoms with E-state index in [4.69, 9.17) is 5.26 Å². The molecular formula is C17H21N3. The van der Waals surface area contributed by atoms with Gasteiger partial charge in [0.05, 0.1) is 0 Å². The molecule has 1 aromatic heterocycles. The van der Waals surface area contributed by atoms with Crippen LogP contribution in [0.2, 0.25) is 0 Å². The molecule has 3 nitrogen and oxygen atoms in total. The van der Waals surface area contributed by atoms with Crippen molar-refractivity contribution in [1.29, 1.82) is 5.26 Å². The second kappa shape index (κ2) is 8.19. The van der Waals surface area contributed by atoms with Crippen LogP contribution < -0.4 is 5.32 Å². The lowest BCUT2D eigenvalue weighted by Gasteiger charge is -2.06. The molecule has 3 heteroatoms. The van der Waals surface area contributed by atoms with Crippen LogP contribution in [-0.4, -0.2) is 17.7 Å². The van der Waals surface area contributed by atoms with E-state index in [1.807, 2.05) is 29.0 Å². The molecule has 20 heavy (non-hydrogen) atoms. The monoisotopic (exact) mass is 267 g/mol. The van der Waals surface area contributed by atoms with E-state index >= 15 is 0 Å². The van der Waals surface area contributed by atoms with E-state index in [-0.39, 0.29) is 0 Å². The lowest BCUT2D eigenvalue weighted by atomic mass is 10.1. The van der Waals surface area contributed by atoms with Crippen molar-refractivity contribution in [2.45, 2.75) is 25.8 Å². The SMILES string of the molecule is N#Cc1cccn1CCCCNCCc1ccccc1. The van der Waals surface area contributed by atoms with Gasteiger partial charge in [0.2, 0.25) is 0 Å². The van der Waals surface area contributed by atoms with Crippen LogP contribution in [0.5, 0.6) is 0 Å². The lowest BCUT2D eigenvalue weighted by Crippen LogP contribution is -2.18. The summed E-state index contributed by atoms with van der Waals surface area (Å²) in [5.41, 5.74) is 2.13. The van der Waals surface area contributed by atoms with Crippen molar-refractivity contribution in [2.75, 3.05) is 13.1 Å². The van der Waals surface area contributed by atoms with E-state index in [1.54, 1.807) is 0 Å². The van der Waals surface area contributed by atoms with E-state index in [0.717, 1.165) is 44.6 Å². The second-order valence-electron chi connectivity index (χ2n) is 4.89. The number of unbranched alkanes of at least 4 members (excludes halogenated alkanes) is 1.